The zero-order valence-electron chi connectivity index (χ0n) is 17.9. The van der Waals surface area contributed by atoms with E-state index in [1.165, 1.54) is 10.4 Å². The number of oxazole rings is 1. The van der Waals surface area contributed by atoms with Crippen LogP contribution in [0.15, 0.2) is 28.8 Å². The van der Waals surface area contributed by atoms with E-state index in [2.05, 4.69) is 16.0 Å². The Morgan fingerprint density at radius 3 is 2.71 bits per heavy atom. The number of likely N-dealkylation sites (tertiary alicyclic amines) is 1. The molecule has 3 aromatic rings. The molecule has 0 radical (unpaired) electrons. The third-order valence-electron chi connectivity index (χ3n) is 6.19. The summed E-state index contributed by atoms with van der Waals surface area (Å²) in [6.07, 6.45) is 4.20. The van der Waals surface area contributed by atoms with Gasteiger partial charge in [-0.15, -0.1) is 11.3 Å². The summed E-state index contributed by atoms with van der Waals surface area (Å²) in [5, 5.41) is 0. The van der Waals surface area contributed by atoms with Gasteiger partial charge in [-0.25, -0.2) is 4.98 Å². The number of hydrogen-bond donors (Lipinski definition) is 0. The number of carbonyl (C=O) groups excluding carboxylic acids is 1. The van der Waals surface area contributed by atoms with E-state index in [1.54, 1.807) is 31.6 Å². The zero-order valence-corrected chi connectivity index (χ0v) is 18.8. The molecule has 0 aromatic carbocycles. The number of piperidine rings is 1. The van der Waals surface area contributed by atoms with Crippen molar-refractivity contribution < 1.29 is 18.7 Å². The van der Waals surface area contributed by atoms with E-state index < -0.39 is 0 Å². The van der Waals surface area contributed by atoms with Crippen LogP contribution in [0.25, 0.3) is 10.6 Å². The molecule has 2 aliphatic rings. The molecule has 0 N–H and O–H groups in total. The molecule has 8 heteroatoms. The Balaban J connectivity index is 1.37. The Kier molecular flexibility index (Phi) is 5.06. The van der Waals surface area contributed by atoms with Crippen LogP contribution in [0.3, 0.4) is 0 Å². The van der Waals surface area contributed by atoms with Crippen LogP contribution >= 0.6 is 11.3 Å². The van der Waals surface area contributed by atoms with Crippen molar-refractivity contribution in [2.24, 2.45) is 0 Å². The maximum Gasteiger partial charge on any atom is 0.291 e. The number of aryl methyl sites for hydroxylation is 2. The Morgan fingerprint density at radius 2 is 2.06 bits per heavy atom. The fourth-order valence-electron chi connectivity index (χ4n) is 4.55. The SMILES string of the molecule is COc1ccc(-c2cc3c(s2)CCOC32CCN(C(=O)c3oc(C)nc3C)CC2)nc1. The second kappa shape index (κ2) is 7.76. The number of aromatic nitrogens is 2. The molecule has 5 rings (SSSR count). The number of rotatable bonds is 3. The molecule has 7 nitrogen and oxygen atoms in total. The van der Waals surface area contributed by atoms with Gasteiger partial charge in [0.2, 0.25) is 5.76 Å². The van der Waals surface area contributed by atoms with Crippen LogP contribution in [-0.4, -0.2) is 47.6 Å². The zero-order chi connectivity index (χ0) is 21.6. The van der Waals surface area contributed by atoms with Gasteiger partial charge in [0.15, 0.2) is 5.89 Å². The minimum atomic E-state index is -0.335. The van der Waals surface area contributed by atoms with Gasteiger partial charge in [-0.1, -0.05) is 0 Å². The lowest BCUT2D eigenvalue weighted by Crippen LogP contribution is -2.48. The molecule has 5 heterocycles. The molecule has 1 amide bonds. The van der Waals surface area contributed by atoms with Crippen molar-refractivity contribution in [2.75, 3.05) is 26.8 Å². The third-order valence-corrected chi connectivity index (χ3v) is 7.41. The summed E-state index contributed by atoms with van der Waals surface area (Å²) >= 11 is 1.79. The Hall–Kier alpha value is -2.71. The lowest BCUT2D eigenvalue weighted by molar-refractivity contribution is -0.0928. The summed E-state index contributed by atoms with van der Waals surface area (Å²) < 4.78 is 17.1. The molecule has 3 aromatic heterocycles. The molecule has 0 atom stereocenters. The third kappa shape index (κ3) is 3.53. The Labute approximate surface area is 185 Å². The minimum Gasteiger partial charge on any atom is -0.495 e. The summed E-state index contributed by atoms with van der Waals surface area (Å²) in [5.74, 6) is 1.53. The number of amides is 1. The summed E-state index contributed by atoms with van der Waals surface area (Å²) in [7, 11) is 1.64. The van der Waals surface area contributed by atoms with Crippen molar-refractivity contribution in [1.82, 2.24) is 14.9 Å². The van der Waals surface area contributed by atoms with E-state index in [4.69, 9.17) is 13.9 Å². The summed E-state index contributed by atoms with van der Waals surface area (Å²) in [6.45, 7) is 5.54. The van der Waals surface area contributed by atoms with Crippen LogP contribution in [0.5, 0.6) is 5.75 Å². The molecule has 0 bridgehead atoms. The second-order valence-electron chi connectivity index (χ2n) is 8.06. The number of methoxy groups -OCH3 is 1. The first kappa shape index (κ1) is 20.2. The molecule has 2 aliphatic heterocycles. The first-order valence-corrected chi connectivity index (χ1v) is 11.3. The average Bonchev–Trinajstić information content (AvgIpc) is 3.38. The first-order valence-electron chi connectivity index (χ1n) is 10.5. The van der Waals surface area contributed by atoms with E-state index in [9.17, 15) is 4.79 Å². The second-order valence-corrected chi connectivity index (χ2v) is 9.20. The highest BCUT2D eigenvalue weighted by molar-refractivity contribution is 7.15. The van der Waals surface area contributed by atoms with Crippen molar-refractivity contribution in [3.8, 4) is 16.3 Å². The lowest BCUT2D eigenvalue weighted by atomic mass is 9.82. The van der Waals surface area contributed by atoms with E-state index in [0.29, 0.717) is 37.0 Å². The molecule has 162 valence electrons. The lowest BCUT2D eigenvalue weighted by Gasteiger charge is -2.43. The van der Waals surface area contributed by atoms with E-state index in [-0.39, 0.29) is 11.5 Å². The van der Waals surface area contributed by atoms with Crippen LogP contribution in [-0.2, 0) is 16.8 Å². The average molecular weight is 440 g/mol. The number of hydrogen-bond acceptors (Lipinski definition) is 7. The fraction of sp³-hybridized carbons (Fsp3) is 0.435. The number of carbonyl (C=O) groups is 1. The highest BCUT2D eigenvalue weighted by Crippen LogP contribution is 2.46. The first-order chi connectivity index (χ1) is 15.0. The van der Waals surface area contributed by atoms with Gasteiger partial charge in [0.05, 0.1) is 41.8 Å². The normalized spacial score (nSPS) is 17.6. The van der Waals surface area contributed by atoms with Gasteiger partial charge in [0.25, 0.3) is 5.91 Å². The topological polar surface area (TPSA) is 77.7 Å². The molecule has 0 unspecified atom stereocenters. The van der Waals surface area contributed by atoms with Gasteiger partial charge in [-0.3, -0.25) is 9.78 Å². The fourth-order valence-corrected chi connectivity index (χ4v) is 5.76. The molecular formula is C23H25N3O4S. The minimum absolute atomic E-state index is 0.0857. The van der Waals surface area contributed by atoms with Crippen LogP contribution in [0.1, 0.15) is 45.4 Å². The quantitative estimate of drug-likeness (QED) is 0.611. The molecule has 1 saturated heterocycles. The predicted molar refractivity (Wildman–Crippen MR) is 117 cm³/mol. The van der Waals surface area contributed by atoms with Crippen LogP contribution in [0.4, 0.5) is 0 Å². The monoisotopic (exact) mass is 439 g/mol. The smallest absolute Gasteiger partial charge is 0.291 e. The van der Waals surface area contributed by atoms with E-state index in [1.807, 2.05) is 24.0 Å². The number of nitrogens with zero attached hydrogens (tertiary/aromatic N) is 3. The highest BCUT2D eigenvalue weighted by atomic mass is 32.1. The largest absolute Gasteiger partial charge is 0.495 e. The number of pyridine rings is 1. The molecule has 1 fully saturated rings. The van der Waals surface area contributed by atoms with Gasteiger partial charge in [0, 0.05) is 31.3 Å². The molecule has 31 heavy (non-hydrogen) atoms. The van der Waals surface area contributed by atoms with Gasteiger partial charge in [-0.05, 0) is 43.5 Å². The highest BCUT2D eigenvalue weighted by Gasteiger charge is 2.43. The number of fused-ring (bicyclic) bond motifs is 2. The standard InChI is InChI=1S/C23H25N3O4S/c1-14-21(30-15(2)25-14)22(27)26-9-7-23(8-10-26)17-12-20(31-19(17)6-11-29-23)18-5-4-16(28-3)13-24-18/h4-5,12-13H,6-11H2,1-3H3. The maximum absolute atomic E-state index is 12.9. The van der Waals surface area contributed by atoms with Gasteiger partial charge in [0.1, 0.15) is 5.75 Å². The van der Waals surface area contributed by atoms with Gasteiger partial charge < -0.3 is 18.8 Å². The summed E-state index contributed by atoms with van der Waals surface area (Å²) in [4.78, 5) is 26.1. The molecular weight excluding hydrogens is 414 g/mol. The maximum atomic E-state index is 12.9. The summed E-state index contributed by atoms with van der Waals surface area (Å²) in [5.41, 5.74) is 2.51. The van der Waals surface area contributed by atoms with E-state index >= 15 is 0 Å². The van der Waals surface area contributed by atoms with E-state index in [0.717, 1.165) is 35.6 Å². The van der Waals surface area contributed by atoms with Crippen LogP contribution in [0, 0.1) is 13.8 Å². The van der Waals surface area contributed by atoms with Gasteiger partial charge in [-0.2, -0.15) is 0 Å². The summed E-state index contributed by atoms with van der Waals surface area (Å²) in [6, 6.07) is 6.16. The van der Waals surface area contributed by atoms with Gasteiger partial charge >= 0.3 is 0 Å². The molecule has 1 spiro atoms. The van der Waals surface area contributed by atoms with Crippen molar-refractivity contribution in [2.45, 2.75) is 38.7 Å². The van der Waals surface area contributed by atoms with Crippen molar-refractivity contribution in [3.05, 3.63) is 52.2 Å². The molecule has 0 saturated carbocycles. The number of ether oxygens (including phenoxy) is 2. The Bertz CT molecular complexity index is 1110. The Morgan fingerprint density at radius 1 is 1.26 bits per heavy atom. The predicted octanol–water partition coefficient (Wildman–Crippen LogP) is 4.13. The number of thiophene rings is 1. The van der Waals surface area contributed by atoms with Crippen molar-refractivity contribution in [3.63, 3.8) is 0 Å². The van der Waals surface area contributed by atoms with Crippen molar-refractivity contribution in [1.29, 1.82) is 0 Å². The van der Waals surface area contributed by atoms with Crippen LogP contribution < -0.4 is 4.74 Å². The van der Waals surface area contributed by atoms with Crippen molar-refractivity contribution >= 4 is 17.2 Å². The molecule has 0 aliphatic carbocycles. The van der Waals surface area contributed by atoms with Crippen LogP contribution in [0.2, 0.25) is 0 Å².